The topological polar surface area (TPSA) is 75.0 Å². The highest BCUT2D eigenvalue weighted by Gasteiger charge is 2.28. The lowest BCUT2D eigenvalue weighted by Crippen LogP contribution is -2.36. The summed E-state index contributed by atoms with van der Waals surface area (Å²) in [6, 6.07) is 1.92. The fourth-order valence-corrected chi connectivity index (χ4v) is 4.16. The molecule has 4 heterocycles. The van der Waals surface area contributed by atoms with Crippen LogP contribution in [-0.4, -0.2) is 62.4 Å². The smallest absolute Gasteiger partial charge is 0.227 e. The second-order valence-electron chi connectivity index (χ2n) is 7.57. The van der Waals surface area contributed by atoms with Gasteiger partial charge in [0.2, 0.25) is 5.95 Å². The van der Waals surface area contributed by atoms with Gasteiger partial charge in [0.15, 0.2) is 0 Å². The van der Waals surface area contributed by atoms with E-state index in [2.05, 4.69) is 53.8 Å². The van der Waals surface area contributed by atoms with Gasteiger partial charge in [0, 0.05) is 38.8 Å². The Bertz CT molecular complexity index is 752. The van der Waals surface area contributed by atoms with Crippen LogP contribution in [0, 0.1) is 0 Å². The molecule has 0 amide bonds. The fraction of sp³-hybridized carbons (Fsp3) is 0.684. The average Bonchev–Trinajstić information content (AvgIpc) is 3.33. The molecule has 0 aromatic carbocycles. The van der Waals surface area contributed by atoms with Gasteiger partial charge in [0.05, 0.1) is 6.54 Å². The van der Waals surface area contributed by atoms with Crippen molar-refractivity contribution in [2.45, 2.75) is 45.1 Å². The van der Waals surface area contributed by atoms with E-state index < -0.39 is 0 Å². The Hall–Kier alpha value is -2.22. The van der Waals surface area contributed by atoms with Crippen LogP contribution >= 0.6 is 0 Å². The summed E-state index contributed by atoms with van der Waals surface area (Å²) in [6.45, 7) is 8.09. The van der Waals surface area contributed by atoms with E-state index in [9.17, 15) is 0 Å². The molecule has 2 aromatic rings. The molecule has 27 heavy (non-hydrogen) atoms. The average molecular weight is 371 g/mol. The number of nitrogens with one attached hydrogen (secondary N) is 1. The Kier molecular flexibility index (Phi) is 5.52. The molecule has 4 rings (SSSR count). The zero-order valence-electron chi connectivity index (χ0n) is 16.4. The first-order valence-electron chi connectivity index (χ1n) is 10.2. The van der Waals surface area contributed by atoms with Crippen molar-refractivity contribution in [2.75, 3.05) is 42.9 Å². The van der Waals surface area contributed by atoms with E-state index >= 15 is 0 Å². The van der Waals surface area contributed by atoms with Crippen LogP contribution in [0.4, 0.5) is 11.8 Å². The van der Waals surface area contributed by atoms with Crippen molar-refractivity contribution in [2.24, 2.45) is 7.05 Å². The normalized spacial score (nSPS) is 21.0. The molecule has 2 fully saturated rings. The lowest BCUT2D eigenvalue weighted by atomic mass is 9.97. The van der Waals surface area contributed by atoms with Crippen molar-refractivity contribution in [1.82, 2.24) is 29.6 Å². The van der Waals surface area contributed by atoms with Crippen LogP contribution in [0.3, 0.4) is 0 Å². The highest BCUT2D eigenvalue weighted by molar-refractivity contribution is 5.41. The molecular weight excluding hydrogens is 340 g/mol. The van der Waals surface area contributed by atoms with E-state index in [-0.39, 0.29) is 0 Å². The summed E-state index contributed by atoms with van der Waals surface area (Å²) in [6.07, 6.45) is 6.69. The van der Waals surface area contributed by atoms with Crippen LogP contribution < -0.4 is 10.2 Å². The molecule has 146 valence electrons. The fourth-order valence-electron chi connectivity index (χ4n) is 4.16. The van der Waals surface area contributed by atoms with E-state index in [0.717, 1.165) is 62.4 Å². The summed E-state index contributed by atoms with van der Waals surface area (Å²) < 4.78 is 2.21. The van der Waals surface area contributed by atoms with Gasteiger partial charge >= 0.3 is 0 Å². The summed E-state index contributed by atoms with van der Waals surface area (Å²) in [5, 5.41) is 12.3. The Morgan fingerprint density at radius 2 is 2.00 bits per heavy atom. The Morgan fingerprint density at radius 1 is 1.15 bits per heavy atom. The first-order valence-corrected chi connectivity index (χ1v) is 10.2. The number of aromatic nitrogens is 5. The zero-order valence-corrected chi connectivity index (χ0v) is 16.4. The molecule has 2 aliphatic heterocycles. The van der Waals surface area contributed by atoms with Crippen LogP contribution in [0.25, 0.3) is 0 Å². The molecule has 8 nitrogen and oxygen atoms in total. The number of piperidine rings is 1. The van der Waals surface area contributed by atoms with Crippen LogP contribution in [0.1, 0.15) is 50.2 Å². The molecule has 0 bridgehead atoms. The summed E-state index contributed by atoms with van der Waals surface area (Å²) in [5.41, 5.74) is 0. The molecule has 2 aliphatic rings. The third kappa shape index (κ3) is 4.05. The lowest BCUT2D eigenvalue weighted by Gasteiger charge is -2.32. The van der Waals surface area contributed by atoms with Crippen molar-refractivity contribution < 1.29 is 0 Å². The molecule has 8 heteroatoms. The second-order valence-corrected chi connectivity index (χ2v) is 7.57. The largest absolute Gasteiger partial charge is 0.370 e. The maximum absolute atomic E-state index is 4.66. The minimum atomic E-state index is 0.370. The zero-order chi connectivity index (χ0) is 18.6. The lowest BCUT2D eigenvalue weighted by molar-refractivity contribution is 0.317. The van der Waals surface area contributed by atoms with Crippen molar-refractivity contribution >= 4 is 11.8 Å². The van der Waals surface area contributed by atoms with E-state index in [4.69, 9.17) is 0 Å². The van der Waals surface area contributed by atoms with Gasteiger partial charge in [-0.3, -0.25) is 4.90 Å². The van der Waals surface area contributed by atoms with Gasteiger partial charge in [-0.1, -0.05) is 0 Å². The van der Waals surface area contributed by atoms with Crippen LogP contribution in [-0.2, 0) is 13.6 Å². The van der Waals surface area contributed by atoms with E-state index in [1.165, 1.54) is 25.9 Å². The van der Waals surface area contributed by atoms with Gasteiger partial charge in [-0.05, 0) is 51.8 Å². The Balaban J connectivity index is 1.46. The van der Waals surface area contributed by atoms with E-state index in [0.29, 0.717) is 5.92 Å². The third-order valence-corrected chi connectivity index (χ3v) is 5.63. The summed E-state index contributed by atoms with van der Waals surface area (Å²) >= 11 is 0. The second kappa shape index (κ2) is 8.21. The molecule has 0 unspecified atom stereocenters. The molecule has 2 saturated heterocycles. The standard InChI is InChI=1S/C19H30N8/c1-3-20-16-8-9-21-19(22-16)27-12-6-7-15(13-27)18-24-23-17(25(18)2)14-26-10-4-5-11-26/h8-9,15H,3-7,10-14H2,1-2H3,(H,20,21,22)/t15-/m0/s1. The summed E-state index contributed by atoms with van der Waals surface area (Å²) in [5.74, 6) is 4.23. The number of hydrogen-bond acceptors (Lipinski definition) is 7. The minimum Gasteiger partial charge on any atom is -0.370 e. The van der Waals surface area contributed by atoms with Crippen LogP contribution in [0.15, 0.2) is 12.3 Å². The first kappa shape index (κ1) is 18.2. The van der Waals surface area contributed by atoms with Gasteiger partial charge in [0.1, 0.15) is 17.5 Å². The van der Waals surface area contributed by atoms with Gasteiger partial charge < -0.3 is 14.8 Å². The Morgan fingerprint density at radius 3 is 2.81 bits per heavy atom. The molecule has 0 radical (unpaired) electrons. The monoisotopic (exact) mass is 370 g/mol. The van der Waals surface area contributed by atoms with Crippen molar-refractivity contribution in [3.05, 3.63) is 23.9 Å². The van der Waals surface area contributed by atoms with E-state index in [1.54, 1.807) is 0 Å². The molecule has 2 aromatic heterocycles. The molecular formula is C19H30N8. The molecule has 1 N–H and O–H groups in total. The quantitative estimate of drug-likeness (QED) is 0.834. The first-order chi connectivity index (χ1) is 13.2. The number of rotatable bonds is 6. The third-order valence-electron chi connectivity index (χ3n) is 5.63. The molecule has 0 spiro atoms. The van der Waals surface area contributed by atoms with Crippen LogP contribution in [0.5, 0.6) is 0 Å². The van der Waals surface area contributed by atoms with Gasteiger partial charge in [-0.2, -0.15) is 4.98 Å². The van der Waals surface area contributed by atoms with Crippen LogP contribution in [0.2, 0.25) is 0 Å². The number of hydrogen-bond donors (Lipinski definition) is 1. The number of anilines is 2. The van der Waals surface area contributed by atoms with Crippen molar-refractivity contribution in [3.63, 3.8) is 0 Å². The van der Waals surface area contributed by atoms with Gasteiger partial charge in [-0.25, -0.2) is 4.98 Å². The predicted octanol–water partition coefficient (Wildman–Crippen LogP) is 2.02. The predicted molar refractivity (Wildman–Crippen MR) is 106 cm³/mol. The molecule has 0 aliphatic carbocycles. The minimum absolute atomic E-state index is 0.370. The Labute approximate surface area is 161 Å². The maximum Gasteiger partial charge on any atom is 0.227 e. The number of likely N-dealkylation sites (tertiary alicyclic amines) is 1. The SMILES string of the molecule is CCNc1ccnc(N2CCC[C@H](c3nnc(CN4CCCC4)n3C)C2)n1. The van der Waals surface area contributed by atoms with Crippen molar-refractivity contribution in [1.29, 1.82) is 0 Å². The highest BCUT2D eigenvalue weighted by Crippen LogP contribution is 2.28. The molecule has 1 atom stereocenters. The van der Waals surface area contributed by atoms with E-state index in [1.807, 2.05) is 12.3 Å². The number of nitrogens with zero attached hydrogens (tertiary/aromatic N) is 7. The van der Waals surface area contributed by atoms with Crippen molar-refractivity contribution in [3.8, 4) is 0 Å². The summed E-state index contributed by atoms with van der Waals surface area (Å²) in [4.78, 5) is 13.9. The maximum atomic E-state index is 4.66. The highest BCUT2D eigenvalue weighted by atomic mass is 15.3. The van der Waals surface area contributed by atoms with Gasteiger partial charge in [-0.15, -0.1) is 10.2 Å². The summed E-state index contributed by atoms with van der Waals surface area (Å²) in [7, 11) is 2.11. The molecule has 0 saturated carbocycles. The van der Waals surface area contributed by atoms with Gasteiger partial charge in [0.25, 0.3) is 0 Å².